The number of carbonyl (C=O) groups excluding carboxylic acids is 1. The van der Waals surface area contributed by atoms with Gasteiger partial charge in [0.2, 0.25) is 0 Å². The summed E-state index contributed by atoms with van der Waals surface area (Å²) in [6.07, 6.45) is 0. The van der Waals surface area contributed by atoms with E-state index < -0.39 is 0 Å². The second-order valence-corrected chi connectivity index (χ2v) is 3.66. The van der Waals surface area contributed by atoms with Crippen molar-refractivity contribution in [2.75, 3.05) is 21.2 Å². The van der Waals surface area contributed by atoms with Gasteiger partial charge in [-0.05, 0) is 37.2 Å². The molecule has 0 aliphatic rings. The molecule has 0 unspecified atom stereocenters. The van der Waals surface area contributed by atoms with Gasteiger partial charge in [-0.2, -0.15) is 0 Å². The maximum Gasteiger partial charge on any atom is 0.277 e. The van der Waals surface area contributed by atoms with Gasteiger partial charge >= 0.3 is 0 Å². The van der Waals surface area contributed by atoms with E-state index in [1.807, 2.05) is 32.2 Å². The van der Waals surface area contributed by atoms with E-state index in [0.29, 0.717) is 5.56 Å². The fourth-order valence-corrected chi connectivity index (χ4v) is 1.48. The highest BCUT2D eigenvalue weighted by atomic mass is 16.7. The summed E-state index contributed by atoms with van der Waals surface area (Å²) in [5.74, 6) is -0.137. The monoisotopic (exact) mass is 222 g/mol. The molecule has 0 aromatic heterocycles. The van der Waals surface area contributed by atoms with Crippen LogP contribution >= 0.6 is 0 Å². The Kier molecular flexibility index (Phi) is 4.46. The summed E-state index contributed by atoms with van der Waals surface area (Å²) in [5.41, 5.74) is 2.94. The maximum atomic E-state index is 11.8. The van der Waals surface area contributed by atoms with Crippen molar-refractivity contribution in [2.45, 2.75) is 13.5 Å². The zero-order valence-corrected chi connectivity index (χ0v) is 10.2. The molecule has 16 heavy (non-hydrogen) atoms. The van der Waals surface area contributed by atoms with Crippen LogP contribution in [0.4, 0.5) is 0 Å². The van der Waals surface area contributed by atoms with Crippen LogP contribution in [-0.4, -0.2) is 32.2 Å². The van der Waals surface area contributed by atoms with Gasteiger partial charge in [-0.15, -0.1) is 0 Å². The van der Waals surface area contributed by atoms with E-state index >= 15 is 0 Å². The van der Waals surface area contributed by atoms with Crippen molar-refractivity contribution in [3.8, 4) is 0 Å². The van der Waals surface area contributed by atoms with Gasteiger partial charge in [-0.3, -0.25) is 9.63 Å². The van der Waals surface area contributed by atoms with Crippen molar-refractivity contribution in [2.24, 2.45) is 0 Å². The SMILES string of the molecule is CNCc1ccc(C(=O)N(C)OC)cc1C. The standard InChI is InChI=1S/C12H18N2O2/c1-9-7-10(12(15)14(3)16-4)5-6-11(9)8-13-2/h5-7,13H,8H2,1-4H3. The average Bonchev–Trinajstić information content (AvgIpc) is 2.30. The Morgan fingerprint density at radius 3 is 2.69 bits per heavy atom. The van der Waals surface area contributed by atoms with Crippen LogP contribution in [0.2, 0.25) is 0 Å². The second kappa shape index (κ2) is 5.63. The van der Waals surface area contributed by atoms with Crippen molar-refractivity contribution >= 4 is 5.91 Å². The third kappa shape index (κ3) is 2.81. The van der Waals surface area contributed by atoms with Gasteiger partial charge in [-0.25, -0.2) is 5.06 Å². The number of amides is 1. The van der Waals surface area contributed by atoms with Gasteiger partial charge < -0.3 is 5.32 Å². The number of hydrogen-bond acceptors (Lipinski definition) is 3. The van der Waals surface area contributed by atoms with Crippen LogP contribution < -0.4 is 5.32 Å². The lowest BCUT2D eigenvalue weighted by atomic mass is 10.0. The fourth-order valence-electron chi connectivity index (χ4n) is 1.48. The molecule has 0 heterocycles. The van der Waals surface area contributed by atoms with E-state index in [1.54, 1.807) is 7.05 Å². The zero-order valence-electron chi connectivity index (χ0n) is 10.2. The molecule has 4 heteroatoms. The summed E-state index contributed by atoms with van der Waals surface area (Å²) in [7, 11) is 4.97. The fraction of sp³-hybridized carbons (Fsp3) is 0.417. The first-order valence-electron chi connectivity index (χ1n) is 5.16. The third-order valence-corrected chi connectivity index (χ3v) is 2.52. The number of rotatable bonds is 4. The van der Waals surface area contributed by atoms with E-state index in [-0.39, 0.29) is 5.91 Å². The number of carbonyl (C=O) groups is 1. The number of nitrogens with one attached hydrogen (secondary N) is 1. The Morgan fingerprint density at radius 1 is 1.50 bits per heavy atom. The van der Waals surface area contributed by atoms with E-state index in [9.17, 15) is 4.79 Å². The van der Waals surface area contributed by atoms with Crippen molar-refractivity contribution < 1.29 is 9.63 Å². The molecule has 0 atom stereocenters. The second-order valence-electron chi connectivity index (χ2n) is 3.66. The molecule has 4 nitrogen and oxygen atoms in total. The molecule has 88 valence electrons. The van der Waals surface area contributed by atoms with Gasteiger partial charge in [0.25, 0.3) is 5.91 Å². The van der Waals surface area contributed by atoms with E-state index in [0.717, 1.165) is 12.1 Å². The molecule has 1 rings (SSSR count). The van der Waals surface area contributed by atoms with Gasteiger partial charge in [0, 0.05) is 19.2 Å². The van der Waals surface area contributed by atoms with Crippen molar-refractivity contribution in [3.63, 3.8) is 0 Å². The topological polar surface area (TPSA) is 41.6 Å². The smallest absolute Gasteiger partial charge is 0.277 e. The van der Waals surface area contributed by atoms with Crippen LogP contribution in [0.5, 0.6) is 0 Å². The highest BCUT2D eigenvalue weighted by Crippen LogP contribution is 2.12. The Labute approximate surface area is 96.2 Å². The summed E-state index contributed by atoms with van der Waals surface area (Å²) in [4.78, 5) is 16.6. The predicted molar refractivity (Wildman–Crippen MR) is 63.0 cm³/mol. The van der Waals surface area contributed by atoms with Crippen LogP contribution in [0.3, 0.4) is 0 Å². The Bertz CT molecular complexity index is 377. The summed E-state index contributed by atoms with van der Waals surface area (Å²) in [6.45, 7) is 2.80. The summed E-state index contributed by atoms with van der Waals surface area (Å²) in [6, 6.07) is 5.66. The number of benzene rings is 1. The number of hydroxylamine groups is 2. The van der Waals surface area contributed by atoms with Crippen molar-refractivity contribution in [3.05, 3.63) is 34.9 Å². The number of nitrogens with zero attached hydrogens (tertiary/aromatic N) is 1. The minimum Gasteiger partial charge on any atom is -0.316 e. The molecule has 1 amide bonds. The zero-order chi connectivity index (χ0) is 12.1. The minimum absolute atomic E-state index is 0.137. The lowest BCUT2D eigenvalue weighted by molar-refractivity contribution is -0.0757. The summed E-state index contributed by atoms with van der Waals surface area (Å²) >= 11 is 0. The molecule has 0 radical (unpaired) electrons. The number of hydrogen-bond donors (Lipinski definition) is 1. The molecule has 0 saturated heterocycles. The maximum absolute atomic E-state index is 11.8. The first-order valence-corrected chi connectivity index (χ1v) is 5.16. The molecule has 0 spiro atoms. The molecule has 0 fully saturated rings. The Hall–Kier alpha value is -1.39. The predicted octanol–water partition coefficient (Wildman–Crippen LogP) is 1.35. The van der Waals surface area contributed by atoms with Gasteiger partial charge in [-0.1, -0.05) is 6.07 Å². The highest BCUT2D eigenvalue weighted by Gasteiger charge is 2.11. The molecule has 1 N–H and O–H groups in total. The van der Waals surface area contributed by atoms with Crippen molar-refractivity contribution in [1.29, 1.82) is 0 Å². The first kappa shape index (κ1) is 12.7. The van der Waals surface area contributed by atoms with Gasteiger partial charge in [0.1, 0.15) is 0 Å². The molecular weight excluding hydrogens is 204 g/mol. The molecule has 1 aromatic rings. The Morgan fingerprint density at radius 2 is 2.19 bits per heavy atom. The molecular formula is C12H18N2O2. The van der Waals surface area contributed by atoms with Gasteiger partial charge in [0.05, 0.1) is 7.11 Å². The van der Waals surface area contributed by atoms with Gasteiger partial charge in [0.15, 0.2) is 0 Å². The summed E-state index contributed by atoms with van der Waals surface area (Å²) < 4.78 is 0. The molecule has 0 saturated carbocycles. The van der Waals surface area contributed by atoms with E-state index in [2.05, 4.69) is 5.32 Å². The van der Waals surface area contributed by atoms with Crippen molar-refractivity contribution in [1.82, 2.24) is 10.4 Å². The molecule has 1 aromatic carbocycles. The molecule has 0 bridgehead atoms. The van der Waals surface area contributed by atoms with Crippen LogP contribution in [-0.2, 0) is 11.4 Å². The molecule has 0 aliphatic carbocycles. The summed E-state index contributed by atoms with van der Waals surface area (Å²) in [5, 5.41) is 4.30. The average molecular weight is 222 g/mol. The quantitative estimate of drug-likeness (QED) is 0.782. The van der Waals surface area contributed by atoms with E-state index in [4.69, 9.17) is 4.84 Å². The van der Waals surface area contributed by atoms with Crippen LogP contribution in [0.1, 0.15) is 21.5 Å². The lowest BCUT2D eigenvalue weighted by Gasteiger charge is -2.14. The largest absolute Gasteiger partial charge is 0.316 e. The minimum atomic E-state index is -0.137. The highest BCUT2D eigenvalue weighted by molar-refractivity contribution is 5.93. The third-order valence-electron chi connectivity index (χ3n) is 2.52. The van der Waals surface area contributed by atoms with E-state index in [1.165, 1.54) is 17.7 Å². The van der Waals surface area contributed by atoms with Crippen LogP contribution in [0, 0.1) is 6.92 Å². The first-order chi connectivity index (χ1) is 7.60. The normalized spacial score (nSPS) is 10.2. The van der Waals surface area contributed by atoms with Crippen LogP contribution in [0.15, 0.2) is 18.2 Å². The Balaban J connectivity index is 2.92. The number of aryl methyl sites for hydroxylation is 1. The molecule has 0 aliphatic heterocycles. The van der Waals surface area contributed by atoms with Crippen LogP contribution in [0.25, 0.3) is 0 Å². The lowest BCUT2D eigenvalue weighted by Crippen LogP contribution is -2.25.